The van der Waals surface area contributed by atoms with Crippen molar-refractivity contribution in [3.8, 4) is 34.1 Å². The molecule has 0 spiro atoms. The van der Waals surface area contributed by atoms with Crippen LogP contribution in [0.4, 0.5) is 0 Å². The van der Waals surface area contributed by atoms with Crippen molar-refractivity contribution < 1.29 is 28.5 Å². The molecule has 3 aliphatic heterocycles. The minimum Gasteiger partial charge on any atom is -0.454 e. The molecule has 0 unspecified atom stereocenters. The minimum atomic E-state index is -0.415. The molecule has 2 amide bonds. The van der Waals surface area contributed by atoms with Crippen LogP contribution in [0, 0.1) is 0 Å². The van der Waals surface area contributed by atoms with Gasteiger partial charge in [-0.25, -0.2) is 0 Å². The number of benzene rings is 3. The van der Waals surface area contributed by atoms with Gasteiger partial charge in [-0.15, -0.1) is 0 Å². The SMILES string of the molecule is CN(C)CCc1c2c(c(-c3ccc4c(c3)OCO4)c3c4c(ccc13)OCO4)C(=O)NC2=O. The maximum atomic E-state index is 13.1. The zero-order valence-electron chi connectivity index (χ0n) is 17.6. The van der Waals surface area contributed by atoms with Crippen molar-refractivity contribution in [2.75, 3.05) is 34.2 Å². The van der Waals surface area contributed by atoms with Crippen LogP contribution in [0.15, 0.2) is 30.3 Å². The number of likely N-dealkylation sites (N-methyl/N-ethyl adjacent to an activating group) is 1. The van der Waals surface area contributed by atoms with Crippen molar-refractivity contribution in [3.63, 3.8) is 0 Å². The lowest BCUT2D eigenvalue weighted by atomic mass is 9.85. The fraction of sp³-hybridized carbons (Fsp3) is 0.250. The summed E-state index contributed by atoms with van der Waals surface area (Å²) < 4.78 is 22.5. The van der Waals surface area contributed by atoms with E-state index in [-0.39, 0.29) is 19.5 Å². The molecule has 0 bridgehead atoms. The van der Waals surface area contributed by atoms with Gasteiger partial charge in [-0.3, -0.25) is 14.9 Å². The number of fused-ring (bicyclic) bond motifs is 5. The molecule has 0 radical (unpaired) electrons. The first-order valence-electron chi connectivity index (χ1n) is 10.3. The highest BCUT2D eigenvalue weighted by atomic mass is 16.7. The van der Waals surface area contributed by atoms with Gasteiger partial charge in [0.1, 0.15) is 0 Å². The van der Waals surface area contributed by atoms with Gasteiger partial charge in [-0.2, -0.15) is 0 Å². The molecule has 3 aromatic carbocycles. The van der Waals surface area contributed by atoms with E-state index in [9.17, 15) is 9.59 Å². The summed E-state index contributed by atoms with van der Waals surface area (Å²) in [5.74, 6) is 1.64. The summed E-state index contributed by atoms with van der Waals surface area (Å²) >= 11 is 0. The van der Waals surface area contributed by atoms with Crippen molar-refractivity contribution in [2.45, 2.75) is 6.42 Å². The lowest BCUT2D eigenvalue weighted by molar-refractivity contribution is 0.0879. The molecule has 0 saturated heterocycles. The molecule has 6 rings (SSSR count). The van der Waals surface area contributed by atoms with Gasteiger partial charge in [-0.1, -0.05) is 12.1 Å². The molecule has 0 fully saturated rings. The molecule has 3 aliphatic rings. The number of rotatable bonds is 4. The number of hydrogen-bond acceptors (Lipinski definition) is 7. The van der Waals surface area contributed by atoms with Gasteiger partial charge in [0.2, 0.25) is 13.6 Å². The molecular weight excluding hydrogens is 412 g/mol. The molecule has 3 aromatic rings. The van der Waals surface area contributed by atoms with E-state index in [0.717, 1.165) is 28.4 Å². The fourth-order valence-corrected chi connectivity index (χ4v) is 4.65. The largest absolute Gasteiger partial charge is 0.454 e. The summed E-state index contributed by atoms with van der Waals surface area (Å²) in [6.07, 6.45) is 0.605. The van der Waals surface area contributed by atoms with Crippen molar-refractivity contribution >= 4 is 22.6 Å². The highest BCUT2D eigenvalue weighted by Gasteiger charge is 2.37. The predicted molar refractivity (Wildman–Crippen MR) is 116 cm³/mol. The molecule has 8 nitrogen and oxygen atoms in total. The van der Waals surface area contributed by atoms with Crippen molar-refractivity contribution in [2.24, 2.45) is 0 Å². The maximum absolute atomic E-state index is 13.1. The predicted octanol–water partition coefficient (Wildman–Crippen LogP) is 2.95. The molecule has 32 heavy (non-hydrogen) atoms. The zero-order valence-corrected chi connectivity index (χ0v) is 17.6. The highest BCUT2D eigenvalue weighted by molar-refractivity contribution is 6.29. The molecule has 0 aromatic heterocycles. The van der Waals surface area contributed by atoms with Crippen LogP contribution in [-0.4, -0.2) is 50.9 Å². The normalized spacial score (nSPS) is 15.6. The molecule has 0 saturated carbocycles. The Labute approximate surface area is 183 Å². The van der Waals surface area contributed by atoms with E-state index >= 15 is 0 Å². The van der Waals surface area contributed by atoms with Crippen LogP contribution >= 0.6 is 0 Å². The Hall–Kier alpha value is -3.78. The topological polar surface area (TPSA) is 86.3 Å². The number of imide groups is 1. The lowest BCUT2D eigenvalue weighted by Gasteiger charge is -2.19. The van der Waals surface area contributed by atoms with E-state index in [1.54, 1.807) is 0 Å². The van der Waals surface area contributed by atoms with Gasteiger partial charge < -0.3 is 23.8 Å². The second-order valence-electron chi connectivity index (χ2n) is 8.23. The molecule has 8 heteroatoms. The van der Waals surface area contributed by atoms with Gasteiger partial charge in [0.15, 0.2) is 23.0 Å². The Bertz CT molecular complexity index is 1330. The highest BCUT2D eigenvalue weighted by Crippen LogP contribution is 2.49. The Morgan fingerprint density at radius 1 is 0.844 bits per heavy atom. The number of carbonyl (C=O) groups excluding carboxylic acids is 2. The van der Waals surface area contributed by atoms with Crippen molar-refractivity contribution in [3.05, 3.63) is 47.0 Å². The molecule has 162 valence electrons. The standard InChI is InChI=1S/C24H20N2O6/c1-26(2)8-7-14-13-4-6-16-22(32-11-30-16)19(13)18(21-20(14)23(27)25-24(21)28)12-3-5-15-17(9-12)31-10-29-15/h3-6,9H,7-8,10-11H2,1-2H3,(H,25,27,28). The monoisotopic (exact) mass is 432 g/mol. The van der Waals surface area contributed by atoms with Crippen LogP contribution in [0.1, 0.15) is 26.3 Å². The molecular formula is C24H20N2O6. The lowest BCUT2D eigenvalue weighted by Crippen LogP contribution is -2.21. The van der Waals surface area contributed by atoms with Gasteiger partial charge in [0.05, 0.1) is 11.1 Å². The number of amides is 2. The minimum absolute atomic E-state index is 0.101. The third kappa shape index (κ3) is 2.66. The number of hydrogen-bond donors (Lipinski definition) is 1. The van der Waals surface area contributed by atoms with Crippen molar-refractivity contribution in [1.29, 1.82) is 0 Å². The van der Waals surface area contributed by atoms with Crippen LogP contribution in [-0.2, 0) is 6.42 Å². The first-order valence-corrected chi connectivity index (χ1v) is 10.3. The Balaban J connectivity index is 1.73. The van der Waals surface area contributed by atoms with E-state index in [2.05, 4.69) is 5.32 Å². The first-order chi connectivity index (χ1) is 15.5. The van der Waals surface area contributed by atoms with E-state index in [1.165, 1.54) is 0 Å². The summed E-state index contributed by atoms with van der Waals surface area (Å²) in [6, 6.07) is 9.32. The van der Waals surface area contributed by atoms with Crippen LogP contribution in [0.3, 0.4) is 0 Å². The summed E-state index contributed by atoms with van der Waals surface area (Å²) in [6.45, 7) is 0.970. The Morgan fingerprint density at radius 2 is 1.56 bits per heavy atom. The maximum Gasteiger partial charge on any atom is 0.259 e. The third-order valence-electron chi connectivity index (χ3n) is 6.07. The van der Waals surface area contributed by atoms with E-state index < -0.39 is 5.91 Å². The third-order valence-corrected chi connectivity index (χ3v) is 6.07. The van der Waals surface area contributed by atoms with Crippen LogP contribution in [0.2, 0.25) is 0 Å². The van der Waals surface area contributed by atoms with Gasteiger partial charge in [0, 0.05) is 17.5 Å². The quantitative estimate of drug-likeness (QED) is 0.635. The van der Waals surface area contributed by atoms with Crippen LogP contribution in [0.5, 0.6) is 23.0 Å². The molecule has 0 aliphatic carbocycles. The van der Waals surface area contributed by atoms with Crippen LogP contribution < -0.4 is 24.3 Å². The Morgan fingerprint density at radius 3 is 2.41 bits per heavy atom. The van der Waals surface area contributed by atoms with Crippen LogP contribution in [0.25, 0.3) is 21.9 Å². The average Bonchev–Trinajstić information content (AvgIpc) is 3.49. The summed E-state index contributed by atoms with van der Waals surface area (Å²) in [7, 11) is 3.95. The van der Waals surface area contributed by atoms with Gasteiger partial charge >= 0.3 is 0 Å². The average molecular weight is 432 g/mol. The summed E-state index contributed by atoms with van der Waals surface area (Å²) in [4.78, 5) is 28.1. The fourth-order valence-electron chi connectivity index (χ4n) is 4.65. The second kappa shape index (κ2) is 6.86. The zero-order chi connectivity index (χ0) is 22.0. The summed E-state index contributed by atoms with van der Waals surface area (Å²) in [5, 5.41) is 4.12. The van der Waals surface area contributed by atoms with E-state index in [4.69, 9.17) is 18.9 Å². The smallest absolute Gasteiger partial charge is 0.259 e. The molecule has 0 atom stereocenters. The number of nitrogens with one attached hydrogen (secondary N) is 1. The van der Waals surface area contributed by atoms with Gasteiger partial charge in [-0.05, 0) is 55.2 Å². The first kappa shape index (κ1) is 18.9. The summed E-state index contributed by atoms with van der Waals surface area (Å²) in [5.41, 5.74) is 2.99. The molecule has 1 N–H and O–H groups in total. The van der Waals surface area contributed by atoms with Crippen molar-refractivity contribution in [1.82, 2.24) is 10.2 Å². The van der Waals surface area contributed by atoms with E-state index in [1.807, 2.05) is 49.3 Å². The number of nitrogens with zero attached hydrogens (tertiary/aromatic N) is 1. The van der Waals surface area contributed by atoms with Gasteiger partial charge in [0.25, 0.3) is 11.8 Å². The molecule has 3 heterocycles. The number of ether oxygens (including phenoxy) is 4. The van der Waals surface area contributed by atoms with E-state index in [0.29, 0.717) is 46.1 Å². The Kier molecular flexibility index (Phi) is 4.06. The number of carbonyl (C=O) groups is 2. The second-order valence-corrected chi connectivity index (χ2v) is 8.23.